The van der Waals surface area contributed by atoms with Crippen molar-refractivity contribution in [2.45, 2.75) is 70.6 Å². The SMILES string of the molecule is CSCC[C@H](NC(=O)c1ccc(CN(CCC2CCCCC2)CC(F)(F)F)cc1-c1ccccc1C)C(=O)O. The van der Waals surface area contributed by atoms with Gasteiger partial charge in [0.1, 0.15) is 6.04 Å². The Labute approximate surface area is 233 Å². The number of alkyl halides is 3. The molecule has 3 rings (SSSR count). The first kappa shape index (κ1) is 31.0. The first-order valence-corrected chi connectivity index (χ1v) is 15.0. The second kappa shape index (κ2) is 14.7. The normalized spacial score (nSPS) is 15.3. The molecule has 0 radical (unpaired) electrons. The van der Waals surface area contributed by atoms with E-state index >= 15 is 0 Å². The molecule has 0 aliphatic heterocycles. The maximum atomic E-state index is 13.5. The molecule has 0 aromatic heterocycles. The first-order chi connectivity index (χ1) is 18.6. The summed E-state index contributed by atoms with van der Waals surface area (Å²) in [6.45, 7) is 1.39. The number of carbonyl (C=O) groups is 2. The van der Waals surface area contributed by atoms with Crippen LogP contribution in [0.4, 0.5) is 13.2 Å². The van der Waals surface area contributed by atoms with Gasteiger partial charge in [-0.1, -0.05) is 62.4 Å². The molecule has 1 amide bonds. The molecule has 5 nitrogen and oxygen atoms in total. The van der Waals surface area contributed by atoms with Crippen molar-refractivity contribution in [1.29, 1.82) is 0 Å². The average Bonchev–Trinajstić information content (AvgIpc) is 2.89. The number of hydrogen-bond donors (Lipinski definition) is 2. The number of rotatable bonds is 13. The lowest BCUT2D eigenvalue weighted by atomic mass is 9.87. The van der Waals surface area contributed by atoms with E-state index in [2.05, 4.69) is 5.32 Å². The monoisotopic (exact) mass is 564 g/mol. The fraction of sp³-hybridized carbons (Fsp3) is 0.533. The van der Waals surface area contributed by atoms with Gasteiger partial charge in [0.15, 0.2) is 0 Å². The van der Waals surface area contributed by atoms with Crippen molar-refractivity contribution in [3.05, 3.63) is 59.2 Å². The van der Waals surface area contributed by atoms with Gasteiger partial charge < -0.3 is 10.4 Å². The van der Waals surface area contributed by atoms with Crippen LogP contribution in [0.3, 0.4) is 0 Å². The van der Waals surface area contributed by atoms with E-state index in [1.54, 1.807) is 18.2 Å². The minimum absolute atomic E-state index is 0.110. The molecule has 39 heavy (non-hydrogen) atoms. The predicted molar refractivity (Wildman–Crippen MR) is 151 cm³/mol. The molecular formula is C30H39F3N2O3S. The maximum Gasteiger partial charge on any atom is 0.401 e. The minimum Gasteiger partial charge on any atom is -0.480 e. The van der Waals surface area contributed by atoms with Gasteiger partial charge in [-0.25, -0.2) is 4.79 Å². The van der Waals surface area contributed by atoms with Gasteiger partial charge >= 0.3 is 12.1 Å². The van der Waals surface area contributed by atoms with Gasteiger partial charge in [0.05, 0.1) is 6.54 Å². The van der Waals surface area contributed by atoms with Crippen LogP contribution in [0.5, 0.6) is 0 Å². The summed E-state index contributed by atoms with van der Waals surface area (Å²) in [6, 6.07) is 11.5. The molecule has 2 aromatic rings. The zero-order valence-corrected chi connectivity index (χ0v) is 23.5. The number of nitrogens with one attached hydrogen (secondary N) is 1. The third-order valence-electron chi connectivity index (χ3n) is 7.37. The highest BCUT2D eigenvalue weighted by Gasteiger charge is 2.31. The van der Waals surface area contributed by atoms with E-state index < -0.39 is 30.6 Å². The Morgan fingerprint density at radius 2 is 1.82 bits per heavy atom. The summed E-state index contributed by atoms with van der Waals surface area (Å²) in [5.74, 6) is -0.571. The summed E-state index contributed by atoms with van der Waals surface area (Å²) >= 11 is 1.50. The van der Waals surface area contributed by atoms with Crippen molar-refractivity contribution in [1.82, 2.24) is 10.2 Å². The Bertz CT molecular complexity index is 1100. The Balaban J connectivity index is 1.89. The van der Waals surface area contributed by atoms with E-state index in [0.29, 0.717) is 34.9 Å². The number of aliphatic carboxylic acids is 1. The summed E-state index contributed by atoms with van der Waals surface area (Å²) in [6.07, 6.45) is 4.24. The number of carboxylic acids is 1. The van der Waals surface area contributed by atoms with Crippen LogP contribution in [0.25, 0.3) is 11.1 Å². The van der Waals surface area contributed by atoms with Gasteiger partial charge in [-0.05, 0) is 78.6 Å². The number of carbonyl (C=O) groups excluding carboxylic acids is 1. The van der Waals surface area contributed by atoms with Crippen LogP contribution < -0.4 is 5.32 Å². The maximum absolute atomic E-state index is 13.5. The topological polar surface area (TPSA) is 69.6 Å². The molecule has 1 aliphatic carbocycles. The summed E-state index contributed by atoms with van der Waals surface area (Å²) in [4.78, 5) is 26.5. The summed E-state index contributed by atoms with van der Waals surface area (Å²) in [5.41, 5.74) is 3.25. The lowest BCUT2D eigenvalue weighted by Gasteiger charge is -2.28. The fourth-order valence-corrected chi connectivity index (χ4v) is 5.75. The molecule has 0 bridgehead atoms. The van der Waals surface area contributed by atoms with Crippen molar-refractivity contribution in [2.75, 3.05) is 25.1 Å². The number of aryl methyl sites for hydroxylation is 1. The van der Waals surface area contributed by atoms with Crippen LogP contribution in [-0.4, -0.2) is 59.2 Å². The van der Waals surface area contributed by atoms with Gasteiger partial charge in [0.2, 0.25) is 0 Å². The second-order valence-electron chi connectivity index (χ2n) is 10.5. The standard InChI is InChI=1S/C30H39F3N2O3S/c1-21-8-6-7-11-24(21)26-18-23(12-13-25(26)28(36)34-27(29(37)38)15-17-39-2)19-35(20-30(31,32)33)16-14-22-9-4-3-5-10-22/h6-8,11-13,18,22,27H,3-5,9-10,14-17,19-20H2,1-2H3,(H,34,36)(H,37,38)/t27-/m0/s1. The molecule has 214 valence electrons. The average molecular weight is 565 g/mol. The Morgan fingerprint density at radius 3 is 2.46 bits per heavy atom. The smallest absolute Gasteiger partial charge is 0.401 e. The summed E-state index contributed by atoms with van der Waals surface area (Å²) < 4.78 is 40.4. The van der Waals surface area contributed by atoms with Crippen molar-refractivity contribution in [2.24, 2.45) is 5.92 Å². The number of nitrogens with zero attached hydrogens (tertiary/aromatic N) is 1. The lowest BCUT2D eigenvalue weighted by Crippen LogP contribution is -2.41. The van der Waals surface area contributed by atoms with Crippen LogP contribution >= 0.6 is 11.8 Å². The second-order valence-corrected chi connectivity index (χ2v) is 11.4. The molecular weight excluding hydrogens is 525 g/mol. The number of thioether (sulfide) groups is 1. The third-order valence-corrected chi connectivity index (χ3v) is 8.01. The van der Waals surface area contributed by atoms with Crippen molar-refractivity contribution in [3.63, 3.8) is 0 Å². The number of hydrogen-bond acceptors (Lipinski definition) is 4. The van der Waals surface area contributed by atoms with Gasteiger partial charge in [0, 0.05) is 12.1 Å². The zero-order valence-electron chi connectivity index (χ0n) is 22.7. The Morgan fingerprint density at radius 1 is 1.10 bits per heavy atom. The van der Waals surface area contributed by atoms with E-state index in [1.807, 2.05) is 37.4 Å². The summed E-state index contributed by atoms with van der Waals surface area (Å²) in [7, 11) is 0. The number of carboxylic acid groups (broad SMARTS) is 1. The van der Waals surface area contributed by atoms with Gasteiger partial charge in [-0.2, -0.15) is 24.9 Å². The molecule has 1 atom stereocenters. The molecule has 1 saturated carbocycles. The van der Waals surface area contributed by atoms with E-state index in [1.165, 1.54) is 23.1 Å². The van der Waals surface area contributed by atoms with Crippen LogP contribution in [0.15, 0.2) is 42.5 Å². The number of benzene rings is 2. The molecule has 2 aromatic carbocycles. The lowest BCUT2D eigenvalue weighted by molar-refractivity contribution is -0.147. The number of halogens is 3. The van der Waals surface area contributed by atoms with Crippen molar-refractivity contribution < 1.29 is 27.9 Å². The molecule has 1 fully saturated rings. The Hall–Kier alpha value is -2.52. The highest BCUT2D eigenvalue weighted by atomic mass is 32.2. The predicted octanol–water partition coefficient (Wildman–Crippen LogP) is 6.93. The van der Waals surface area contributed by atoms with Gasteiger partial charge in [0.25, 0.3) is 5.91 Å². The van der Waals surface area contributed by atoms with Crippen LogP contribution in [-0.2, 0) is 11.3 Å². The van der Waals surface area contributed by atoms with Crippen molar-refractivity contribution >= 4 is 23.6 Å². The van der Waals surface area contributed by atoms with Crippen LogP contribution in [0.2, 0.25) is 0 Å². The van der Waals surface area contributed by atoms with Crippen LogP contribution in [0.1, 0.15) is 66.4 Å². The molecule has 2 N–H and O–H groups in total. The third kappa shape index (κ3) is 9.87. The van der Waals surface area contributed by atoms with E-state index in [0.717, 1.165) is 43.2 Å². The quantitative estimate of drug-likeness (QED) is 0.276. The van der Waals surface area contributed by atoms with Crippen molar-refractivity contribution in [3.8, 4) is 11.1 Å². The molecule has 9 heteroatoms. The number of amides is 1. The van der Waals surface area contributed by atoms with Gasteiger partial charge in [-0.3, -0.25) is 9.69 Å². The molecule has 0 unspecified atom stereocenters. The van der Waals surface area contributed by atoms with E-state index in [-0.39, 0.29) is 13.0 Å². The van der Waals surface area contributed by atoms with Crippen LogP contribution in [0, 0.1) is 12.8 Å². The zero-order chi connectivity index (χ0) is 28.4. The highest BCUT2D eigenvalue weighted by Crippen LogP contribution is 2.30. The largest absolute Gasteiger partial charge is 0.480 e. The molecule has 0 heterocycles. The van der Waals surface area contributed by atoms with E-state index in [9.17, 15) is 27.9 Å². The highest BCUT2D eigenvalue weighted by molar-refractivity contribution is 7.98. The fourth-order valence-electron chi connectivity index (χ4n) is 5.28. The molecule has 0 spiro atoms. The van der Waals surface area contributed by atoms with Gasteiger partial charge in [-0.15, -0.1) is 0 Å². The Kier molecular flexibility index (Phi) is 11.7. The minimum atomic E-state index is -4.31. The first-order valence-electron chi connectivity index (χ1n) is 13.6. The molecule has 0 saturated heterocycles. The van der Waals surface area contributed by atoms with E-state index in [4.69, 9.17) is 0 Å². The summed E-state index contributed by atoms with van der Waals surface area (Å²) in [5, 5.41) is 12.2. The molecule has 1 aliphatic rings.